The van der Waals surface area contributed by atoms with Gasteiger partial charge in [0, 0.05) is 22.2 Å². The first kappa shape index (κ1) is 13.9. The number of pyridine rings is 1. The highest BCUT2D eigenvalue weighted by molar-refractivity contribution is 6.19. The number of nitrogens with two attached hydrogens (primary N) is 1. The van der Waals surface area contributed by atoms with Gasteiger partial charge in [-0.15, -0.1) is 0 Å². The van der Waals surface area contributed by atoms with Crippen LogP contribution < -0.4 is 5.84 Å². The van der Waals surface area contributed by atoms with E-state index in [0.717, 1.165) is 22.2 Å². The van der Waals surface area contributed by atoms with Crippen molar-refractivity contribution in [2.45, 2.75) is 6.92 Å². The van der Waals surface area contributed by atoms with E-state index in [4.69, 9.17) is 5.84 Å². The Labute approximate surface area is 127 Å². The number of hydrogen-bond donors (Lipinski definition) is 3. The second-order valence-electron chi connectivity index (χ2n) is 5.01. The largest absolute Gasteiger partial charge is 0.504 e. The average Bonchev–Trinajstić information content (AvgIpc) is 2.51. The van der Waals surface area contributed by atoms with Crippen LogP contribution in [0.15, 0.2) is 53.6 Å². The van der Waals surface area contributed by atoms with Gasteiger partial charge in [0.2, 0.25) is 0 Å². The first-order chi connectivity index (χ1) is 10.6. The first-order valence-corrected chi connectivity index (χ1v) is 6.77. The molecule has 0 aliphatic heterocycles. The SMILES string of the molecule is Cc1cc(/C(=N/N)c2ccc(O)c(O)c2)c2ccccc2n1. The van der Waals surface area contributed by atoms with Crippen LogP contribution in [0, 0.1) is 6.92 Å². The predicted molar refractivity (Wildman–Crippen MR) is 86.1 cm³/mol. The molecule has 0 aliphatic carbocycles. The lowest BCUT2D eigenvalue weighted by Gasteiger charge is -2.11. The number of nitrogens with zero attached hydrogens (tertiary/aromatic N) is 2. The molecular weight excluding hydrogens is 278 g/mol. The number of hydrogen-bond acceptors (Lipinski definition) is 5. The number of aryl methyl sites for hydroxylation is 1. The number of rotatable bonds is 2. The minimum atomic E-state index is -0.214. The molecule has 0 unspecified atom stereocenters. The van der Waals surface area contributed by atoms with Gasteiger partial charge in [-0.05, 0) is 37.3 Å². The third kappa shape index (κ3) is 2.33. The smallest absolute Gasteiger partial charge is 0.158 e. The number of aromatic nitrogens is 1. The number of benzene rings is 2. The van der Waals surface area contributed by atoms with E-state index >= 15 is 0 Å². The Balaban J connectivity index is 2.25. The summed E-state index contributed by atoms with van der Waals surface area (Å²) in [6, 6.07) is 14.1. The Bertz CT molecular complexity index is 888. The summed E-state index contributed by atoms with van der Waals surface area (Å²) in [4.78, 5) is 4.49. The third-order valence-corrected chi connectivity index (χ3v) is 3.48. The minimum Gasteiger partial charge on any atom is -0.504 e. The fourth-order valence-corrected chi connectivity index (χ4v) is 2.47. The van der Waals surface area contributed by atoms with Crippen molar-refractivity contribution in [3.05, 3.63) is 65.4 Å². The molecule has 1 aromatic heterocycles. The highest BCUT2D eigenvalue weighted by Crippen LogP contribution is 2.28. The number of para-hydroxylation sites is 1. The van der Waals surface area contributed by atoms with Gasteiger partial charge in [0.05, 0.1) is 11.2 Å². The molecule has 0 spiro atoms. The normalized spacial score (nSPS) is 11.8. The molecule has 0 saturated carbocycles. The number of hydrazone groups is 1. The lowest BCUT2D eigenvalue weighted by atomic mass is 9.97. The molecular formula is C17H15N3O2. The van der Waals surface area contributed by atoms with Gasteiger partial charge < -0.3 is 16.1 Å². The molecule has 2 aromatic carbocycles. The highest BCUT2D eigenvalue weighted by atomic mass is 16.3. The Morgan fingerprint density at radius 2 is 1.82 bits per heavy atom. The van der Waals surface area contributed by atoms with Crippen molar-refractivity contribution in [1.82, 2.24) is 4.98 Å². The minimum absolute atomic E-state index is 0.184. The summed E-state index contributed by atoms with van der Waals surface area (Å²) in [6.07, 6.45) is 0. The van der Waals surface area contributed by atoms with Gasteiger partial charge >= 0.3 is 0 Å². The second-order valence-corrected chi connectivity index (χ2v) is 5.01. The third-order valence-electron chi connectivity index (χ3n) is 3.48. The van der Waals surface area contributed by atoms with Crippen LogP contribution in [-0.2, 0) is 0 Å². The van der Waals surface area contributed by atoms with Crippen LogP contribution >= 0.6 is 0 Å². The fourth-order valence-electron chi connectivity index (χ4n) is 2.47. The molecule has 5 nitrogen and oxygen atoms in total. The van der Waals surface area contributed by atoms with Crippen molar-refractivity contribution in [1.29, 1.82) is 0 Å². The van der Waals surface area contributed by atoms with Gasteiger partial charge in [-0.3, -0.25) is 4.98 Å². The first-order valence-electron chi connectivity index (χ1n) is 6.77. The van der Waals surface area contributed by atoms with Gasteiger partial charge in [0.15, 0.2) is 11.5 Å². The second kappa shape index (κ2) is 5.37. The van der Waals surface area contributed by atoms with Crippen LogP contribution in [0.5, 0.6) is 11.5 Å². The quantitative estimate of drug-likeness (QED) is 0.293. The number of phenols is 2. The molecule has 110 valence electrons. The lowest BCUT2D eigenvalue weighted by Crippen LogP contribution is -2.08. The van der Waals surface area contributed by atoms with Crippen LogP contribution in [0.2, 0.25) is 0 Å². The average molecular weight is 293 g/mol. The molecule has 3 rings (SSSR count). The summed E-state index contributed by atoms with van der Waals surface area (Å²) in [7, 11) is 0. The van der Waals surface area contributed by atoms with Crippen molar-refractivity contribution < 1.29 is 10.2 Å². The van der Waals surface area contributed by atoms with E-state index in [0.29, 0.717) is 11.3 Å². The number of phenolic OH excluding ortho intramolecular Hbond substituents is 2. The molecule has 0 atom stereocenters. The zero-order valence-corrected chi connectivity index (χ0v) is 12.0. The molecule has 0 aliphatic rings. The number of aromatic hydroxyl groups is 2. The summed E-state index contributed by atoms with van der Waals surface area (Å²) in [5.41, 5.74) is 3.67. The molecule has 5 heteroatoms. The molecule has 3 aromatic rings. The predicted octanol–water partition coefficient (Wildman–Crippen LogP) is 2.67. The van der Waals surface area contributed by atoms with E-state index in [-0.39, 0.29) is 11.5 Å². The van der Waals surface area contributed by atoms with E-state index in [9.17, 15) is 10.2 Å². The standard InChI is InChI=1S/C17H15N3O2/c1-10-8-13(12-4-2-3-5-14(12)19-10)17(20-18)11-6-7-15(21)16(22)9-11/h2-9,21-22H,18H2,1H3/b20-17+. The summed E-state index contributed by atoms with van der Waals surface area (Å²) < 4.78 is 0. The van der Waals surface area contributed by atoms with Gasteiger partial charge in [0.25, 0.3) is 0 Å². The molecule has 1 heterocycles. The van der Waals surface area contributed by atoms with E-state index in [1.165, 1.54) is 12.1 Å². The Hall–Kier alpha value is -3.08. The van der Waals surface area contributed by atoms with Crippen molar-refractivity contribution in [3.63, 3.8) is 0 Å². The summed E-state index contributed by atoms with van der Waals surface area (Å²) >= 11 is 0. The van der Waals surface area contributed by atoms with Crippen LogP contribution in [0.3, 0.4) is 0 Å². The van der Waals surface area contributed by atoms with Crippen LogP contribution in [0.25, 0.3) is 10.9 Å². The zero-order chi connectivity index (χ0) is 15.7. The van der Waals surface area contributed by atoms with Crippen LogP contribution in [0.1, 0.15) is 16.8 Å². The highest BCUT2D eigenvalue weighted by Gasteiger charge is 2.14. The van der Waals surface area contributed by atoms with Crippen molar-refractivity contribution in [2.75, 3.05) is 0 Å². The van der Waals surface area contributed by atoms with Gasteiger partial charge in [-0.1, -0.05) is 18.2 Å². The molecule has 4 N–H and O–H groups in total. The summed E-state index contributed by atoms with van der Waals surface area (Å²) in [5.74, 6) is 5.19. The van der Waals surface area contributed by atoms with Crippen molar-refractivity contribution >= 4 is 16.6 Å². The van der Waals surface area contributed by atoms with Crippen molar-refractivity contribution in [3.8, 4) is 11.5 Å². The van der Waals surface area contributed by atoms with E-state index in [1.54, 1.807) is 6.07 Å². The lowest BCUT2D eigenvalue weighted by molar-refractivity contribution is 0.403. The van der Waals surface area contributed by atoms with E-state index < -0.39 is 0 Å². The van der Waals surface area contributed by atoms with Gasteiger partial charge in [0.1, 0.15) is 0 Å². The zero-order valence-electron chi connectivity index (χ0n) is 12.0. The maximum atomic E-state index is 9.70. The Kier molecular flexibility index (Phi) is 3.39. The Morgan fingerprint density at radius 3 is 2.55 bits per heavy atom. The molecule has 0 radical (unpaired) electrons. The van der Waals surface area contributed by atoms with Gasteiger partial charge in [-0.25, -0.2) is 0 Å². The van der Waals surface area contributed by atoms with Crippen LogP contribution in [0.4, 0.5) is 0 Å². The molecule has 0 amide bonds. The molecule has 0 fully saturated rings. The van der Waals surface area contributed by atoms with Crippen molar-refractivity contribution in [2.24, 2.45) is 10.9 Å². The fraction of sp³-hybridized carbons (Fsp3) is 0.0588. The maximum absolute atomic E-state index is 9.70. The molecule has 0 bridgehead atoms. The van der Waals surface area contributed by atoms with E-state index in [1.807, 2.05) is 37.3 Å². The topological polar surface area (TPSA) is 91.7 Å². The number of fused-ring (bicyclic) bond motifs is 1. The molecule has 22 heavy (non-hydrogen) atoms. The van der Waals surface area contributed by atoms with Gasteiger partial charge in [-0.2, -0.15) is 5.10 Å². The van der Waals surface area contributed by atoms with Crippen LogP contribution in [-0.4, -0.2) is 20.9 Å². The summed E-state index contributed by atoms with van der Waals surface area (Å²) in [6.45, 7) is 1.90. The molecule has 0 saturated heterocycles. The summed E-state index contributed by atoms with van der Waals surface area (Å²) in [5, 5.41) is 24.0. The maximum Gasteiger partial charge on any atom is 0.158 e. The van der Waals surface area contributed by atoms with E-state index in [2.05, 4.69) is 10.1 Å². The Morgan fingerprint density at radius 1 is 1.05 bits per heavy atom. The monoisotopic (exact) mass is 293 g/mol.